The van der Waals surface area contributed by atoms with Crippen LogP contribution in [0.1, 0.15) is 51.9 Å². The molecule has 20 heavy (non-hydrogen) atoms. The standard InChI is InChI=1S/C17H30N2O/c1-11-4-3-5-15(18)16(11)17(20)19(2)10-14-9-12-6-7-13(14)8-12/h11-16H,3-10,18H2,1-2H3. The van der Waals surface area contributed by atoms with Crippen molar-refractivity contribution >= 4 is 5.91 Å². The molecule has 0 saturated heterocycles. The van der Waals surface area contributed by atoms with E-state index in [9.17, 15) is 4.79 Å². The molecule has 1 amide bonds. The molecular weight excluding hydrogens is 248 g/mol. The molecule has 0 aromatic carbocycles. The molecule has 0 aliphatic heterocycles. The molecule has 0 radical (unpaired) electrons. The molecule has 3 saturated carbocycles. The number of hydrogen-bond acceptors (Lipinski definition) is 2. The lowest BCUT2D eigenvalue weighted by Crippen LogP contribution is -2.49. The van der Waals surface area contributed by atoms with Gasteiger partial charge in [-0.15, -0.1) is 0 Å². The molecule has 6 unspecified atom stereocenters. The lowest BCUT2D eigenvalue weighted by molar-refractivity contribution is -0.138. The van der Waals surface area contributed by atoms with E-state index in [4.69, 9.17) is 5.73 Å². The number of rotatable bonds is 3. The van der Waals surface area contributed by atoms with E-state index in [-0.39, 0.29) is 12.0 Å². The van der Waals surface area contributed by atoms with Crippen LogP contribution >= 0.6 is 0 Å². The first-order chi connectivity index (χ1) is 9.56. The van der Waals surface area contributed by atoms with Gasteiger partial charge in [0.2, 0.25) is 5.91 Å². The van der Waals surface area contributed by atoms with Gasteiger partial charge in [0.15, 0.2) is 0 Å². The molecule has 2 bridgehead atoms. The zero-order valence-corrected chi connectivity index (χ0v) is 13.1. The fraction of sp³-hybridized carbons (Fsp3) is 0.941. The molecular formula is C17H30N2O. The van der Waals surface area contributed by atoms with Crippen LogP contribution in [-0.2, 0) is 4.79 Å². The number of carbonyl (C=O) groups is 1. The molecule has 0 heterocycles. The van der Waals surface area contributed by atoms with Gasteiger partial charge in [0.05, 0.1) is 5.92 Å². The highest BCUT2D eigenvalue weighted by atomic mass is 16.2. The van der Waals surface area contributed by atoms with Crippen molar-refractivity contribution in [2.45, 2.75) is 57.9 Å². The van der Waals surface area contributed by atoms with Crippen LogP contribution in [0, 0.1) is 29.6 Å². The molecule has 6 atom stereocenters. The van der Waals surface area contributed by atoms with Crippen LogP contribution in [0.2, 0.25) is 0 Å². The average Bonchev–Trinajstić information content (AvgIpc) is 3.00. The summed E-state index contributed by atoms with van der Waals surface area (Å²) in [5, 5.41) is 0. The Morgan fingerprint density at radius 2 is 2.00 bits per heavy atom. The molecule has 3 aliphatic carbocycles. The van der Waals surface area contributed by atoms with Gasteiger partial charge in [0.25, 0.3) is 0 Å². The van der Waals surface area contributed by atoms with Gasteiger partial charge in [0.1, 0.15) is 0 Å². The maximum absolute atomic E-state index is 12.8. The van der Waals surface area contributed by atoms with E-state index in [1.807, 2.05) is 11.9 Å². The summed E-state index contributed by atoms with van der Waals surface area (Å²) in [6.07, 6.45) is 8.97. The first-order valence-corrected chi connectivity index (χ1v) is 8.56. The van der Waals surface area contributed by atoms with Gasteiger partial charge >= 0.3 is 0 Å². The lowest BCUT2D eigenvalue weighted by atomic mass is 9.76. The van der Waals surface area contributed by atoms with Crippen LogP contribution in [0.5, 0.6) is 0 Å². The summed E-state index contributed by atoms with van der Waals surface area (Å²) in [6.45, 7) is 3.17. The van der Waals surface area contributed by atoms with Crippen molar-refractivity contribution in [2.24, 2.45) is 35.3 Å². The summed E-state index contributed by atoms with van der Waals surface area (Å²) in [4.78, 5) is 14.8. The van der Waals surface area contributed by atoms with Crippen LogP contribution in [0.25, 0.3) is 0 Å². The van der Waals surface area contributed by atoms with Crippen molar-refractivity contribution in [3.63, 3.8) is 0 Å². The molecule has 0 spiro atoms. The van der Waals surface area contributed by atoms with Crippen molar-refractivity contribution in [3.05, 3.63) is 0 Å². The summed E-state index contributed by atoms with van der Waals surface area (Å²) >= 11 is 0. The number of fused-ring (bicyclic) bond motifs is 2. The Morgan fingerprint density at radius 1 is 1.20 bits per heavy atom. The first-order valence-electron chi connectivity index (χ1n) is 8.56. The highest BCUT2D eigenvalue weighted by Gasteiger charge is 2.41. The maximum Gasteiger partial charge on any atom is 0.227 e. The molecule has 2 N–H and O–H groups in total. The third kappa shape index (κ3) is 2.61. The second-order valence-corrected chi connectivity index (χ2v) is 7.75. The summed E-state index contributed by atoms with van der Waals surface area (Å²) in [6, 6.07) is 0.0775. The second-order valence-electron chi connectivity index (χ2n) is 7.75. The monoisotopic (exact) mass is 278 g/mol. The fourth-order valence-corrected chi connectivity index (χ4v) is 5.18. The van der Waals surface area contributed by atoms with E-state index in [0.717, 1.165) is 37.1 Å². The third-order valence-corrected chi connectivity index (χ3v) is 6.33. The van der Waals surface area contributed by atoms with Crippen LogP contribution in [0.3, 0.4) is 0 Å². The normalized spacial score (nSPS) is 43.8. The quantitative estimate of drug-likeness (QED) is 0.862. The predicted molar refractivity (Wildman–Crippen MR) is 81.1 cm³/mol. The molecule has 3 rings (SSSR count). The Morgan fingerprint density at radius 3 is 2.60 bits per heavy atom. The van der Waals surface area contributed by atoms with Gasteiger partial charge in [0, 0.05) is 19.6 Å². The first kappa shape index (κ1) is 14.4. The highest BCUT2D eigenvalue weighted by molar-refractivity contribution is 5.79. The summed E-state index contributed by atoms with van der Waals surface area (Å²) in [5.41, 5.74) is 6.23. The van der Waals surface area contributed by atoms with Crippen LogP contribution in [-0.4, -0.2) is 30.4 Å². The molecule has 0 aromatic rings. The van der Waals surface area contributed by atoms with Gasteiger partial charge in [-0.2, -0.15) is 0 Å². The number of carbonyl (C=O) groups excluding carboxylic acids is 1. The Labute approximate surface area is 123 Å². The third-order valence-electron chi connectivity index (χ3n) is 6.33. The Bertz CT molecular complexity index is 360. The van der Waals surface area contributed by atoms with Gasteiger partial charge in [-0.3, -0.25) is 4.79 Å². The average molecular weight is 278 g/mol. The fourth-order valence-electron chi connectivity index (χ4n) is 5.18. The zero-order chi connectivity index (χ0) is 14.3. The van der Waals surface area contributed by atoms with Gasteiger partial charge in [-0.05, 0) is 55.8 Å². The van der Waals surface area contributed by atoms with Crippen molar-refractivity contribution < 1.29 is 4.79 Å². The smallest absolute Gasteiger partial charge is 0.227 e. The predicted octanol–water partition coefficient (Wildman–Crippen LogP) is 2.64. The van der Waals surface area contributed by atoms with Crippen molar-refractivity contribution in [1.82, 2.24) is 4.90 Å². The van der Waals surface area contributed by atoms with E-state index in [1.54, 1.807) is 0 Å². The van der Waals surface area contributed by atoms with E-state index >= 15 is 0 Å². The number of nitrogens with two attached hydrogens (primary N) is 1. The number of amides is 1. The zero-order valence-electron chi connectivity index (χ0n) is 13.1. The highest BCUT2D eigenvalue weighted by Crippen LogP contribution is 2.48. The van der Waals surface area contributed by atoms with Gasteiger partial charge < -0.3 is 10.6 Å². The molecule has 3 nitrogen and oxygen atoms in total. The lowest BCUT2D eigenvalue weighted by Gasteiger charge is -2.37. The summed E-state index contributed by atoms with van der Waals surface area (Å²) in [7, 11) is 2.00. The van der Waals surface area contributed by atoms with Crippen molar-refractivity contribution in [2.75, 3.05) is 13.6 Å². The Kier molecular flexibility index (Phi) is 4.07. The second kappa shape index (κ2) is 5.67. The minimum Gasteiger partial charge on any atom is -0.345 e. The minimum atomic E-state index is 0.0624. The maximum atomic E-state index is 12.8. The van der Waals surface area contributed by atoms with Crippen LogP contribution in [0.15, 0.2) is 0 Å². The Balaban J connectivity index is 1.58. The number of hydrogen-bond donors (Lipinski definition) is 1. The molecule has 0 aromatic heterocycles. The van der Waals surface area contributed by atoms with Gasteiger partial charge in [-0.1, -0.05) is 19.8 Å². The number of nitrogens with zero attached hydrogens (tertiary/aromatic N) is 1. The topological polar surface area (TPSA) is 46.3 Å². The van der Waals surface area contributed by atoms with Gasteiger partial charge in [-0.25, -0.2) is 0 Å². The van der Waals surface area contributed by atoms with Crippen molar-refractivity contribution in [3.8, 4) is 0 Å². The van der Waals surface area contributed by atoms with E-state index in [1.165, 1.54) is 32.1 Å². The van der Waals surface area contributed by atoms with E-state index in [2.05, 4.69) is 6.92 Å². The Hall–Kier alpha value is -0.570. The summed E-state index contributed by atoms with van der Waals surface area (Å²) < 4.78 is 0. The summed E-state index contributed by atoms with van der Waals surface area (Å²) in [5.74, 6) is 3.45. The molecule has 114 valence electrons. The van der Waals surface area contributed by atoms with E-state index in [0.29, 0.717) is 11.8 Å². The van der Waals surface area contributed by atoms with Crippen LogP contribution in [0.4, 0.5) is 0 Å². The SMILES string of the molecule is CC1CCCC(N)C1C(=O)N(C)CC1CC2CCC1C2. The van der Waals surface area contributed by atoms with Crippen molar-refractivity contribution in [1.29, 1.82) is 0 Å². The van der Waals surface area contributed by atoms with E-state index < -0.39 is 0 Å². The molecule has 3 fully saturated rings. The minimum absolute atomic E-state index is 0.0624. The molecule has 3 heteroatoms. The molecule has 3 aliphatic rings. The largest absolute Gasteiger partial charge is 0.345 e. The van der Waals surface area contributed by atoms with Crippen LogP contribution < -0.4 is 5.73 Å².